The highest BCUT2D eigenvalue weighted by atomic mass is 16.1. The lowest BCUT2D eigenvalue weighted by Gasteiger charge is -2.08. The van der Waals surface area contributed by atoms with E-state index in [0.29, 0.717) is 24.5 Å². The van der Waals surface area contributed by atoms with Crippen LogP contribution in [0.2, 0.25) is 0 Å². The summed E-state index contributed by atoms with van der Waals surface area (Å²) >= 11 is 0. The molecule has 0 spiro atoms. The summed E-state index contributed by atoms with van der Waals surface area (Å²) in [5.74, 6) is 0.875. The van der Waals surface area contributed by atoms with Gasteiger partial charge in [0.2, 0.25) is 0 Å². The molecule has 0 fully saturated rings. The second-order valence-corrected chi connectivity index (χ2v) is 4.36. The Morgan fingerprint density at radius 3 is 2.60 bits per heavy atom. The predicted molar refractivity (Wildman–Crippen MR) is 64.0 cm³/mol. The van der Waals surface area contributed by atoms with Gasteiger partial charge in [0.15, 0.2) is 0 Å². The van der Waals surface area contributed by atoms with E-state index in [-0.39, 0.29) is 0 Å². The summed E-state index contributed by atoms with van der Waals surface area (Å²) in [6.45, 7) is 6.33. The number of hydrogen-bond acceptors (Lipinski definition) is 1. The summed E-state index contributed by atoms with van der Waals surface area (Å²) in [6.07, 6.45) is 2.39. The van der Waals surface area contributed by atoms with E-state index in [9.17, 15) is 4.79 Å². The third-order valence-electron chi connectivity index (χ3n) is 2.92. The van der Waals surface area contributed by atoms with E-state index in [4.69, 9.17) is 0 Å². The van der Waals surface area contributed by atoms with Gasteiger partial charge < -0.3 is 0 Å². The van der Waals surface area contributed by atoms with Gasteiger partial charge in [0, 0.05) is 12.8 Å². The highest BCUT2D eigenvalue weighted by molar-refractivity contribution is 5.81. The van der Waals surface area contributed by atoms with Crippen molar-refractivity contribution in [2.24, 2.45) is 5.92 Å². The molecule has 0 N–H and O–H groups in total. The zero-order chi connectivity index (χ0) is 11.3. The molecule has 1 aromatic rings. The maximum atomic E-state index is 11.7. The summed E-state index contributed by atoms with van der Waals surface area (Å²) < 4.78 is 0. The second-order valence-electron chi connectivity index (χ2n) is 4.36. The van der Waals surface area contributed by atoms with Gasteiger partial charge >= 0.3 is 0 Å². The number of hydrogen-bond donors (Lipinski definition) is 0. The molecule has 0 saturated carbocycles. The van der Waals surface area contributed by atoms with E-state index < -0.39 is 0 Å². The molecule has 0 aliphatic heterocycles. The fourth-order valence-electron chi connectivity index (χ4n) is 1.63. The van der Waals surface area contributed by atoms with Gasteiger partial charge in [-0.1, -0.05) is 44.5 Å². The molecule has 1 rings (SSSR count). The third kappa shape index (κ3) is 3.86. The van der Waals surface area contributed by atoms with Crippen LogP contribution in [0.15, 0.2) is 24.3 Å². The Morgan fingerprint density at radius 2 is 2.00 bits per heavy atom. The van der Waals surface area contributed by atoms with Crippen LogP contribution in [-0.4, -0.2) is 5.78 Å². The Hall–Kier alpha value is -1.11. The molecule has 1 atom stereocenters. The van der Waals surface area contributed by atoms with E-state index >= 15 is 0 Å². The number of rotatable bonds is 5. The molecular weight excluding hydrogens is 184 g/mol. The fourth-order valence-corrected chi connectivity index (χ4v) is 1.63. The quantitative estimate of drug-likeness (QED) is 0.717. The standard InChI is InChI=1S/C14H20O/c1-4-11(2)9-14(15)10-13-8-6-5-7-12(13)3/h5-8,11H,4,9-10H2,1-3H3. The first-order valence-corrected chi connectivity index (χ1v) is 5.69. The summed E-state index contributed by atoms with van der Waals surface area (Å²) in [6, 6.07) is 8.12. The van der Waals surface area contributed by atoms with Crippen LogP contribution in [0.1, 0.15) is 37.8 Å². The van der Waals surface area contributed by atoms with Gasteiger partial charge in [-0.3, -0.25) is 4.79 Å². The Kier molecular flexibility index (Phi) is 4.54. The molecule has 0 radical (unpaired) electrons. The summed E-state index contributed by atoms with van der Waals surface area (Å²) in [5.41, 5.74) is 2.39. The smallest absolute Gasteiger partial charge is 0.137 e. The van der Waals surface area contributed by atoms with E-state index in [0.717, 1.165) is 6.42 Å². The van der Waals surface area contributed by atoms with Gasteiger partial charge in [0.1, 0.15) is 5.78 Å². The summed E-state index contributed by atoms with van der Waals surface area (Å²) in [7, 11) is 0. The number of benzene rings is 1. The van der Waals surface area contributed by atoms with Crippen LogP contribution in [0.25, 0.3) is 0 Å². The van der Waals surface area contributed by atoms with Crippen molar-refractivity contribution < 1.29 is 4.79 Å². The van der Waals surface area contributed by atoms with Gasteiger partial charge in [-0.2, -0.15) is 0 Å². The molecular formula is C14H20O. The van der Waals surface area contributed by atoms with Crippen molar-refractivity contribution >= 4 is 5.78 Å². The first kappa shape index (κ1) is 12.0. The molecule has 1 nitrogen and oxygen atoms in total. The molecule has 0 aromatic heterocycles. The first-order chi connectivity index (χ1) is 7.13. The Labute approximate surface area is 92.5 Å². The molecule has 0 saturated heterocycles. The van der Waals surface area contributed by atoms with Crippen molar-refractivity contribution in [3.8, 4) is 0 Å². The number of carbonyl (C=O) groups is 1. The molecule has 15 heavy (non-hydrogen) atoms. The van der Waals surface area contributed by atoms with Crippen molar-refractivity contribution in [1.29, 1.82) is 0 Å². The van der Waals surface area contributed by atoms with Crippen molar-refractivity contribution in [1.82, 2.24) is 0 Å². The van der Waals surface area contributed by atoms with Crippen molar-refractivity contribution in [2.75, 3.05) is 0 Å². The molecule has 1 unspecified atom stereocenters. The minimum absolute atomic E-state index is 0.360. The zero-order valence-electron chi connectivity index (χ0n) is 9.92. The molecule has 0 heterocycles. The minimum atomic E-state index is 0.360. The Morgan fingerprint density at radius 1 is 1.33 bits per heavy atom. The topological polar surface area (TPSA) is 17.1 Å². The van der Waals surface area contributed by atoms with E-state index in [1.165, 1.54) is 11.1 Å². The minimum Gasteiger partial charge on any atom is -0.299 e. The number of ketones is 1. The highest BCUT2D eigenvalue weighted by Crippen LogP contribution is 2.12. The number of Topliss-reactive ketones (excluding diaryl/α,β-unsaturated/α-hetero) is 1. The van der Waals surface area contributed by atoms with E-state index in [1.54, 1.807) is 0 Å². The molecule has 82 valence electrons. The molecule has 0 bridgehead atoms. The van der Waals surface area contributed by atoms with E-state index in [1.807, 2.05) is 18.2 Å². The Bertz CT molecular complexity index is 328. The molecule has 0 aliphatic rings. The van der Waals surface area contributed by atoms with Crippen LogP contribution >= 0.6 is 0 Å². The van der Waals surface area contributed by atoms with Gasteiger partial charge in [0.05, 0.1) is 0 Å². The van der Waals surface area contributed by atoms with Crippen molar-refractivity contribution in [3.63, 3.8) is 0 Å². The summed E-state index contributed by atoms with van der Waals surface area (Å²) in [4.78, 5) is 11.7. The number of carbonyl (C=O) groups excluding carboxylic acids is 1. The summed E-state index contributed by atoms with van der Waals surface area (Å²) in [5, 5.41) is 0. The lowest BCUT2D eigenvalue weighted by molar-refractivity contribution is -0.119. The van der Waals surface area contributed by atoms with Crippen LogP contribution in [-0.2, 0) is 11.2 Å². The third-order valence-corrected chi connectivity index (χ3v) is 2.92. The highest BCUT2D eigenvalue weighted by Gasteiger charge is 2.09. The lowest BCUT2D eigenvalue weighted by Crippen LogP contribution is -2.08. The van der Waals surface area contributed by atoms with Gasteiger partial charge in [-0.25, -0.2) is 0 Å². The lowest BCUT2D eigenvalue weighted by atomic mass is 9.96. The van der Waals surface area contributed by atoms with Gasteiger partial charge in [-0.15, -0.1) is 0 Å². The number of aryl methyl sites for hydroxylation is 1. The monoisotopic (exact) mass is 204 g/mol. The first-order valence-electron chi connectivity index (χ1n) is 5.69. The fraction of sp³-hybridized carbons (Fsp3) is 0.500. The molecule has 0 aliphatic carbocycles. The van der Waals surface area contributed by atoms with Crippen molar-refractivity contribution in [3.05, 3.63) is 35.4 Å². The molecule has 0 amide bonds. The van der Waals surface area contributed by atoms with Crippen LogP contribution < -0.4 is 0 Å². The normalized spacial score (nSPS) is 12.5. The predicted octanol–water partition coefficient (Wildman–Crippen LogP) is 3.54. The average Bonchev–Trinajstić information content (AvgIpc) is 2.21. The largest absolute Gasteiger partial charge is 0.299 e. The van der Waals surface area contributed by atoms with Crippen LogP contribution in [0.3, 0.4) is 0 Å². The second kappa shape index (κ2) is 5.69. The van der Waals surface area contributed by atoms with Crippen LogP contribution in [0.5, 0.6) is 0 Å². The van der Waals surface area contributed by atoms with Crippen molar-refractivity contribution in [2.45, 2.75) is 40.0 Å². The van der Waals surface area contributed by atoms with E-state index in [2.05, 4.69) is 26.8 Å². The SMILES string of the molecule is CCC(C)CC(=O)Cc1ccccc1C. The Balaban J connectivity index is 2.55. The maximum Gasteiger partial charge on any atom is 0.137 e. The average molecular weight is 204 g/mol. The van der Waals surface area contributed by atoms with Crippen LogP contribution in [0, 0.1) is 12.8 Å². The molecule has 1 aromatic carbocycles. The van der Waals surface area contributed by atoms with Gasteiger partial charge in [0.25, 0.3) is 0 Å². The van der Waals surface area contributed by atoms with Gasteiger partial charge in [-0.05, 0) is 24.0 Å². The molecule has 1 heteroatoms. The maximum absolute atomic E-state index is 11.7. The zero-order valence-corrected chi connectivity index (χ0v) is 9.92. The van der Waals surface area contributed by atoms with Crippen LogP contribution in [0.4, 0.5) is 0 Å².